The van der Waals surface area contributed by atoms with Gasteiger partial charge in [0, 0.05) is 23.2 Å². The Morgan fingerprint density at radius 2 is 2.09 bits per heavy atom. The minimum absolute atomic E-state index is 0.0602. The van der Waals surface area contributed by atoms with Crippen LogP contribution in [0.15, 0.2) is 35.3 Å². The molecule has 0 aliphatic carbocycles. The average molecular weight is 349 g/mol. The van der Waals surface area contributed by atoms with E-state index in [9.17, 15) is 4.79 Å². The molecule has 0 unspecified atom stereocenters. The first kappa shape index (κ1) is 15.8. The summed E-state index contributed by atoms with van der Waals surface area (Å²) in [6.07, 6.45) is 0.261. The highest BCUT2D eigenvalue weighted by molar-refractivity contribution is 7.17. The Hall–Kier alpha value is -2.05. The van der Waals surface area contributed by atoms with Gasteiger partial charge in [-0.15, -0.1) is 11.3 Å². The number of amides is 1. The minimum Gasteiger partial charge on any atom is -0.399 e. The Balaban J connectivity index is 2.06. The molecule has 120 valence electrons. The van der Waals surface area contributed by atoms with Gasteiger partial charge in [-0.2, -0.15) is 0 Å². The first-order chi connectivity index (χ1) is 10.8. The summed E-state index contributed by atoms with van der Waals surface area (Å²) < 4.78 is 0.645. The van der Waals surface area contributed by atoms with Crippen LogP contribution in [0.25, 0.3) is 11.1 Å². The van der Waals surface area contributed by atoms with Gasteiger partial charge < -0.3 is 11.5 Å². The minimum atomic E-state index is -0.694. The summed E-state index contributed by atoms with van der Waals surface area (Å²) in [5, 5.41) is 0. The molecule has 0 bridgehead atoms. The summed E-state index contributed by atoms with van der Waals surface area (Å²) >= 11 is 7.83. The standard InChI is InChI=1S/C16H17ClN4OS/c1-16(8-13(22)21(2)15(19)20-16)12-7-11(14(17)23-12)9-4-3-5-10(18)6-9/h3-7H,8,18H2,1-2H3,(H2,19,20)/t16-/m0/s1. The summed E-state index contributed by atoms with van der Waals surface area (Å²) in [5.41, 5.74) is 13.5. The SMILES string of the molecule is CN1C(=O)C[C@@](C)(c2cc(-c3cccc(N)c3)c(Cl)s2)N=C1N. The third-order valence-corrected chi connectivity index (χ3v) is 5.60. The Morgan fingerprint density at radius 1 is 1.35 bits per heavy atom. The van der Waals surface area contributed by atoms with Crippen LogP contribution in [0.2, 0.25) is 4.34 Å². The number of guanidine groups is 1. The fourth-order valence-corrected chi connectivity index (χ4v) is 3.99. The normalized spacial score (nSPS) is 21.4. The van der Waals surface area contributed by atoms with Crippen LogP contribution in [0, 0.1) is 0 Å². The van der Waals surface area contributed by atoms with Gasteiger partial charge >= 0.3 is 0 Å². The van der Waals surface area contributed by atoms with Crippen LogP contribution in [-0.2, 0) is 10.3 Å². The van der Waals surface area contributed by atoms with Crippen LogP contribution < -0.4 is 11.5 Å². The summed E-state index contributed by atoms with van der Waals surface area (Å²) in [5.74, 6) is 0.161. The second-order valence-electron chi connectivity index (χ2n) is 5.80. The van der Waals surface area contributed by atoms with E-state index < -0.39 is 5.54 Å². The van der Waals surface area contributed by atoms with E-state index in [2.05, 4.69) is 4.99 Å². The van der Waals surface area contributed by atoms with E-state index in [1.54, 1.807) is 7.05 Å². The van der Waals surface area contributed by atoms with Crippen molar-refractivity contribution in [1.29, 1.82) is 0 Å². The molecule has 4 N–H and O–H groups in total. The van der Waals surface area contributed by atoms with Crippen molar-refractivity contribution in [1.82, 2.24) is 4.90 Å². The topological polar surface area (TPSA) is 84.7 Å². The number of thiophene rings is 1. The number of nitrogen functional groups attached to an aromatic ring is 1. The molecule has 1 atom stereocenters. The van der Waals surface area contributed by atoms with Crippen molar-refractivity contribution in [2.75, 3.05) is 12.8 Å². The fraction of sp³-hybridized carbons (Fsp3) is 0.250. The lowest BCUT2D eigenvalue weighted by Crippen LogP contribution is -2.47. The Kier molecular flexibility index (Phi) is 3.82. The Bertz CT molecular complexity index is 816. The summed E-state index contributed by atoms with van der Waals surface area (Å²) in [7, 11) is 1.63. The quantitative estimate of drug-likeness (QED) is 0.818. The zero-order chi connectivity index (χ0) is 16.8. The largest absolute Gasteiger partial charge is 0.399 e. The lowest BCUT2D eigenvalue weighted by atomic mass is 9.93. The molecule has 1 aliphatic rings. The number of aliphatic imine (C=N–C) groups is 1. The summed E-state index contributed by atoms with van der Waals surface area (Å²) in [6, 6.07) is 9.50. The van der Waals surface area contributed by atoms with Gasteiger partial charge in [0.05, 0.1) is 6.42 Å². The number of halogens is 1. The third-order valence-electron chi connectivity index (χ3n) is 3.99. The maximum absolute atomic E-state index is 12.1. The smallest absolute Gasteiger partial charge is 0.231 e. The average Bonchev–Trinajstić information content (AvgIpc) is 2.87. The molecule has 23 heavy (non-hydrogen) atoms. The third kappa shape index (κ3) is 2.80. The van der Waals surface area contributed by atoms with Crippen molar-refractivity contribution in [2.24, 2.45) is 10.7 Å². The van der Waals surface area contributed by atoms with E-state index in [1.165, 1.54) is 16.2 Å². The molecule has 1 aromatic heterocycles. The van der Waals surface area contributed by atoms with Crippen molar-refractivity contribution in [2.45, 2.75) is 18.9 Å². The predicted octanol–water partition coefficient (Wildman–Crippen LogP) is 3.04. The highest BCUT2D eigenvalue weighted by Gasteiger charge is 2.37. The van der Waals surface area contributed by atoms with Crippen LogP contribution in [0.5, 0.6) is 0 Å². The predicted molar refractivity (Wildman–Crippen MR) is 95.5 cm³/mol. The molecule has 0 radical (unpaired) electrons. The number of hydrogen-bond donors (Lipinski definition) is 2. The van der Waals surface area contributed by atoms with Crippen LogP contribution in [0.4, 0.5) is 5.69 Å². The monoisotopic (exact) mass is 348 g/mol. The van der Waals surface area contributed by atoms with E-state index in [4.69, 9.17) is 23.1 Å². The summed E-state index contributed by atoms with van der Waals surface area (Å²) in [4.78, 5) is 18.9. The number of benzene rings is 1. The highest BCUT2D eigenvalue weighted by Crippen LogP contribution is 2.44. The number of rotatable bonds is 2. The van der Waals surface area contributed by atoms with Gasteiger partial charge in [0.25, 0.3) is 0 Å². The molecule has 5 nitrogen and oxygen atoms in total. The van der Waals surface area contributed by atoms with Crippen molar-refractivity contribution < 1.29 is 4.79 Å². The Labute approximate surface area is 143 Å². The Morgan fingerprint density at radius 3 is 2.74 bits per heavy atom. The molecule has 0 spiro atoms. The van der Waals surface area contributed by atoms with Crippen molar-refractivity contribution in [3.8, 4) is 11.1 Å². The van der Waals surface area contributed by atoms with E-state index >= 15 is 0 Å². The van der Waals surface area contributed by atoms with Gasteiger partial charge in [0.15, 0.2) is 5.96 Å². The number of nitrogens with two attached hydrogens (primary N) is 2. The molecular formula is C16H17ClN4OS. The first-order valence-corrected chi connectivity index (χ1v) is 8.27. The molecule has 0 saturated heterocycles. The molecule has 2 heterocycles. The van der Waals surface area contributed by atoms with Gasteiger partial charge in [-0.25, -0.2) is 4.99 Å². The molecule has 0 fully saturated rings. The van der Waals surface area contributed by atoms with Crippen LogP contribution in [-0.4, -0.2) is 23.8 Å². The highest BCUT2D eigenvalue weighted by atomic mass is 35.5. The van der Waals surface area contributed by atoms with Gasteiger partial charge in [-0.1, -0.05) is 23.7 Å². The number of hydrogen-bond acceptors (Lipinski definition) is 5. The van der Waals surface area contributed by atoms with E-state index in [0.717, 1.165) is 16.0 Å². The lowest BCUT2D eigenvalue weighted by Gasteiger charge is -2.32. The second-order valence-corrected chi connectivity index (χ2v) is 7.45. The molecule has 1 amide bonds. The molecule has 7 heteroatoms. The van der Waals surface area contributed by atoms with Gasteiger partial charge in [0.2, 0.25) is 5.91 Å². The maximum Gasteiger partial charge on any atom is 0.231 e. The van der Waals surface area contributed by atoms with Gasteiger partial charge in [-0.05, 0) is 30.7 Å². The fourth-order valence-electron chi connectivity index (χ4n) is 2.59. The zero-order valence-electron chi connectivity index (χ0n) is 12.8. The molecule has 1 aliphatic heterocycles. The molecular weight excluding hydrogens is 332 g/mol. The lowest BCUT2D eigenvalue weighted by molar-refractivity contribution is -0.128. The zero-order valence-corrected chi connectivity index (χ0v) is 14.4. The maximum atomic E-state index is 12.1. The van der Waals surface area contributed by atoms with Gasteiger partial charge in [-0.3, -0.25) is 9.69 Å². The second kappa shape index (κ2) is 5.54. The number of carbonyl (C=O) groups excluding carboxylic acids is 1. The van der Waals surface area contributed by atoms with Crippen LogP contribution >= 0.6 is 22.9 Å². The number of anilines is 1. The van der Waals surface area contributed by atoms with Crippen molar-refractivity contribution in [3.05, 3.63) is 39.5 Å². The van der Waals surface area contributed by atoms with Gasteiger partial charge in [0.1, 0.15) is 9.88 Å². The molecule has 1 aromatic carbocycles. The molecule has 3 rings (SSSR count). The summed E-state index contributed by atoms with van der Waals surface area (Å²) in [6.45, 7) is 1.90. The van der Waals surface area contributed by atoms with E-state index in [1.807, 2.05) is 37.3 Å². The number of carbonyl (C=O) groups is 1. The number of nitrogens with zero attached hydrogens (tertiary/aromatic N) is 2. The first-order valence-electron chi connectivity index (χ1n) is 7.08. The van der Waals surface area contributed by atoms with Crippen LogP contribution in [0.3, 0.4) is 0 Å². The van der Waals surface area contributed by atoms with Crippen LogP contribution in [0.1, 0.15) is 18.2 Å². The van der Waals surface area contributed by atoms with Crippen molar-refractivity contribution >= 4 is 40.5 Å². The van der Waals surface area contributed by atoms with Crippen molar-refractivity contribution in [3.63, 3.8) is 0 Å². The van der Waals surface area contributed by atoms with E-state index in [0.29, 0.717) is 10.0 Å². The molecule has 0 saturated carbocycles. The van der Waals surface area contributed by atoms with E-state index in [-0.39, 0.29) is 18.3 Å². The molecule has 2 aromatic rings.